The molecule has 0 aliphatic carbocycles. The number of allylic oxidation sites excluding steroid dienone is 2. The van der Waals surface area contributed by atoms with E-state index in [0.717, 1.165) is 6.07 Å². The van der Waals surface area contributed by atoms with Crippen LogP contribution in [0, 0.1) is 5.82 Å². The smallest absolute Gasteiger partial charge is 0.264 e. The lowest BCUT2D eigenvalue weighted by Gasteiger charge is -2.23. The fourth-order valence-electron chi connectivity index (χ4n) is 3.23. The highest BCUT2D eigenvalue weighted by Crippen LogP contribution is 2.34. The lowest BCUT2D eigenvalue weighted by atomic mass is 10.1. The van der Waals surface area contributed by atoms with E-state index in [1.807, 2.05) is 0 Å². The predicted octanol–water partition coefficient (Wildman–Crippen LogP) is 4.87. The van der Waals surface area contributed by atoms with Crippen molar-refractivity contribution in [1.29, 1.82) is 0 Å². The number of carbonyl (C=O) groups excluding carboxylic acids is 1. The Kier molecular flexibility index (Phi) is 6.62. The third-order valence-corrected chi connectivity index (χ3v) is 7.56. The van der Waals surface area contributed by atoms with Gasteiger partial charge in [0.15, 0.2) is 0 Å². The molecule has 7 nitrogen and oxygen atoms in total. The molecule has 172 valence electrons. The number of carbonyl (C=O) groups is 1. The zero-order valence-corrected chi connectivity index (χ0v) is 20.2. The number of rotatable bonds is 6. The van der Waals surface area contributed by atoms with Gasteiger partial charge < -0.3 is 9.62 Å². The van der Waals surface area contributed by atoms with Gasteiger partial charge in [0.25, 0.3) is 15.9 Å². The van der Waals surface area contributed by atoms with Crippen LogP contribution in [-0.2, 0) is 16.6 Å². The van der Waals surface area contributed by atoms with E-state index in [2.05, 4.69) is 9.44 Å². The number of hydrogen-bond acceptors (Lipinski definition) is 6. The van der Waals surface area contributed by atoms with Gasteiger partial charge in [-0.05, 0) is 48.0 Å². The predicted molar refractivity (Wildman–Crippen MR) is 129 cm³/mol. The summed E-state index contributed by atoms with van der Waals surface area (Å²) in [6.07, 6.45) is 6.38. The van der Waals surface area contributed by atoms with E-state index in [9.17, 15) is 17.6 Å². The first-order valence-electron chi connectivity index (χ1n) is 9.48. The number of benzene rings is 2. The lowest BCUT2D eigenvalue weighted by Crippen LogP contribution is -2.28. The van der Waals surface area contributed by atoms with E-state index < -0.39 is 21.7 Å². The first-order valence-corrected chi connectivity index (χ1v) is 12.5. The van der Waals surface area contributed by atoms with E-state index in [-0.39, 0.29) is 32.7 Å². The highest BCUT2D eigenvalue weighted by Gasteiger charge is 2.31. The van der Waals surface area contributed by atoms with Crippen molar-refractivity contribution in [3.8, 4) is 0 Å². The molecule has 0 radical (unpaired) electrons. The Hall–Kier alpha value is -2.66. The van der Waals surface area contributed by atoms with Gasteiger partial charge in [-0.1, -0.05) is 29.3 Å². The normalized spacial score (nSPS) is 14.8. The van der Waals surface area contributed by atoms with Crippen molar-refractivity contribution in [1.82, 2.24) is 13.9 Å². The molecule has 12 heteroatoms. The third kappa shape index (κ3) is 4.98. The Morgan fingerprint density at radius 1 is 1.24 bits per heavy atom. The SMILES string of the molecule is CN(Cc1ccc(F)cc1Cl)C(=O)c1cc(Cl)ccc1NS(=O)(=O)C1=CC=CN2SNC=C12. The van der Waals surface area contributed by atoms with Crippen LogP contribution in [-0.4, -0.2) is 30.6 Å². The maximum absolute atomic E-state index is 13.3. The number of nitrogens with zero attached hydrogens (tertiary/aromatic N) is 2. The highest BCUT2D eigenvalue weighted by molar-refractivity contribution is 7.97. The molecule has 2 aromatic rings. The molecule has 4 rings (SSSR count). The van der Waals surface area contributed by atoms with Crippen LogP contribution < -0.4 is 9.44 Å². The van der Waals surface area contributed by atoms with Gasteiger partial charge in [0.05, 0.1) is 29.1 Å². The molecule has 0 fully saturated rings. The zero-order valence-electron chi connectivity index (χ0n) is 17.1. The van der Waals surface area contributed by atoms with Crippen LogP contribution in [0.1, 0.15) is 15.9 Å². The second kappa shape index (κ2) is 9.30. The Balaban J connectivity index is 1.61. The van der Waals surface area contributed by atoms with Gasteiger partial charge in [-0.3, -0.25) is 13.8 Å². The highest BCUT2D eigenvalue weighted by atomic mass is 35.5. The van der Waals surface area contributed by atoms with Crippen molar-refractivity contribution in [3.05, 3.63) is 98.5 Å². The lowest BCUT2D eigenvalue weighted by molar-refractivity contribution is 0.0786. The topological polar surface area (TPSA) is 81.8 Å². The molecule has 33 heavy (non-hydrogen) atoms. The fourth-order valence-corrected chi connectivity index (χ4v) is 5.61. The number of anilines is 1. The van der Waals surface area contributed by atoms with Gasteiger partial charge in [0, 0.05) is 36.0 Å². The molecule has 2 aliphatic rings. The average Bonchev–Trinajstić information content (AvgIpc) is 3.25. The first kappa shape index (κ1) is 23.5. The number of amides is 1. The quantitative estimate of drug-likeness (QED) is 0.522. The molecule has 0 saturated carbocycles. The Labute approximate surface area is 204 Å². The molecule has 0 saturated heterocycles. The van der Waals surface area contributed by atoms with Crippen LogP contribution in [0.15, 0.2) is 71.6 Å². The molecule has 2 aliphatic heterocycles. The molecular formula is C21H17Cl2FN4O3S2. The molecule has 0 aromatic heterocycles. The van der Waals surface area contributed by atoms with Crippen LogP contribution in [0.25, 0.3) is 0 Å². The van der Waals surface area contributed by atoms with Crippen molar-refractivity contribution in [3.63, 3.8) is 0 Å². The van der Waals surface area contributed by atoms with E-state index in [0.29, 0.717) is 11.3 Å². The monoisotopic (exact) mass is 526 g/mol. The van der Waals surface area contributed by atoms with Crippen molar-refractivity contribution in [2.24, 2.45) is 0 Å². The Morgan fingerprint density at radius 3 is 2.79 bits per heavy atom. The minimum atomic E-state index is -4.04. The van der Waals surface area contributed by atoms with Gasteiger partial charge >= 0.3 is 0 Å². The second-order valence-corrected chi connectivity index (χ2v) is 10.4. The molecule has 2 N–H and O–H groups in total. The number of sulfonamides is 1. The van der Waals surface area contributed by atoms with E-state index >= 15 is 0 Å². The summed E-state index contributed by atoms with van der Waals surface area (Å²) in [7, 11) is -2.51. The summed E-state index contributed by atoms with van der Waals surface area (Å²) < 4.78 is 46.7. The number of nitrogens with one attached hydrogen (secondary N) is 2. The minimum Gasteiger partial charge on any atom is -0.337 e. The number of fused-ring (bicyclic) bond motifs is 1. The van der Waals surface area contributed by atoms with E-state index in [1.165, 1.54) is 60.5 Å². The Bertz CT molecular complexity index is 1330. The van der Waals surface area contributed by atoms with Crippen LogP contribution in [0.2, 0.25) is 10.0 Å². The molecule has 1 amide bonds. The zero-order chi connectivity index (χ0) is 23.8. The molecular weight excluding hydrogens is 510 g/mol. The largest absolute Gasteiger partial charge is 0.337 e. The van der Waals surface area contributed by atoms with Gasteiger partial charge in [0.2, 0.25) is 0 Å². The van der Waals surface area contributed by atoms with Crippen LogP contribution in [0.3, 0.4) is 0 Å². The van der Waals surface area contributed by atoms with Gasteiger partial charge in [-0.15, -0.1) is 0 Å². The average molecular weight is 527 g/mol. The molecule has 2 aromatic carbocycles. The molecule has 0 bridgehead atoms. The first-order chi connectivity index (χ1) is 15.7. The summed E-state index contributed by atoms with van der Waals surface area (Å²) in [6.45, 7) is 0.0807. The molecule has 2 heterocycles. The van der Waals surface area contributed by atoms with Crippen molar-refractivity contribution < 1.29 is 17.6 Å². The van der Waals surface area contributed by atoms with Crippen LogP contribution in [0.5, 0.6) is 0 Å². The Morgan fingerprint density at radius 2 is 2.03 bits per heavy atom. The summed E-state index contributed by atoms with van der Waals surface area (Å²) in [6, 6.07) is 8.20. The summed E-state index contributed by atoms with van der Waals surface area (Å²) >= 11 is 13.4. The van der Waals surface area contributed by atoms with Crippen LogP contribution >= 0.6 is 35.3 Å². The van der Waals surface area contributed by atoms with Crippen molar-refractivity contribution in [2.75, 3.05) is 11.8 Å². The third-order valence-electron chi connectivity index (χ3n) is 4.82. The summed E-state index contributed by atoms with van der Waals surface area (Å²) in [5.74, 6) is -0.979. The number of halogens is 3. The van der Waals surface area contributed by atoms with E-state index in [1.54, 1.807) is 22.8 Å². The standard InChI is InChI=1S/C21H17Cl2FN4O3S2/c1-27(12-13-4-6-15(24)10-17(13)23)21(29)16-9-14(22)5-7-18(16)26-33(30,31)20-3-2-8-28-19(20)11-25-32-28/h2-11,25-26H,12H2,1H3. The summed E-state index contributed by atoms with van der Waals surface area (Å²) in [5.41, 5.74) is 1.13. The molecule has 0 spiro atoms. The summed E-state index contributed by atoms with van der Waals surface area (Å²) in [4.78, 5) is 14.6. The van der Waals surface area contributed by atoms with Gasteiger partial charge in [0.1, 0.15) is 10.7 Å². The fraction of sp³-hybridized carbons (Fsp3) is 0.0952. The summed E-state index contributed by atoms with van der Waals surface area (Å²) in [5, 5.41) is 0.444. The van der Waals surface area contributed by atoms with Crippen molar-refractivity contribution >= 4 is 57.0 Å². The van der Waals surface area contributed by atoms with E-state index in [4.69, 9.17) is 23.2 Å². The second-order valence-electron chi connectivity index (χ2n) is 7.13. The molecule has 0 atom stereocenters. The molecule has 0 unspecified atom stereocenters. The van der Waals surface area contributed by atoms with Crippen LogP contribution in [0.4, 0.5) is 10.1 Å². The number of hydrogen-bond donors (Lipinski definition) is 2. The maximum Gasteiger partial charge on any atom is 0.264 e. The van der Waals surface area contributed by atoms with Gasteiger partial charge in [-0.2, -0.15) is 0 Å². The van der Waals surface area contributed by atoms with Crippen molar-refractivity contribution in [2.45, 2.75) is 6.54 Å². The minimum absolute atomic E-state index is 0.0438. The van der Waals surface area contributed by atoms with Gasteiger partial charge in [-0.25, -0.2) is 12.8 Å². The maximum atomic E-state index is 13.3.